The maximum atomic E-state index is 12.8. The van der Waals surface area contributed by atoms with Gasteiger partial charge in [-0.25, -0.2) is 0 Å². The summed E-state index contributed by atoms with van der Waals surface area (Å²) in [5, 5.41) is 3.28. The van der Waals surface area contributed by atoms with Crippen molar-refractivity contribution < 1.29 is 4.79 Å². The van der Waals surface area contributed by atoms with Crippen molar-refractivity contribution >= 4 is 13.8 Å². The smallest absolute Gasteiger partial charge is 0.243 e. The Morgan fingerprint density at radius 2 is 1.87 bits per heavy atom. The predicted molar refractivity (Wildman–Crippen MR) is 98.4 cm³/mol. The largest absolute Gasteiger partial charge is 0.368 e. The maximum Gasteiger partial charge on any atom is 0.243 e. The molecular formula is C18H34BN3O. The minimum Gasteiger partial charge on any atom is -0.368 e. The molecule has 3 N–H and O–H groups in total. The highest BCUT2D eigenvalue weighted by Crippen LogP contribution is 2.33. The molecule has 0 aromatic heterocycles. The first-order chi connectivity index (χ1) is 10.8. The number of carbonyl (C=O) groups excluding carboxylic acids is 1. The molecule has 0 aliphatic carbocycles. The molecule has 1 atom stereocenters. The van der Waals surface area contributed by atoms with E-state index in [0.29, 0.717) is 12.7 Å². The second-order valence-electron chi connectivity index (χ2n) is 6.92. The van der Waals surface area contributed by atoms with E-state index in [1.807, 2.05) is 11.9 Å². The van der Waals surface area contributed by atoms with Crippen molar-refractivity contribution in [2.75, 3.05) is 7.05 Å². The zero-order chi connectivity index (χ0) is 17.7. The molecule has 5 heteroatoms. The van der Waals surface area contributed by atoms with Gasteiger partial charge < -0.3 is 16.0 Å². The molecule has 1 heterocycles. The highest BCUT2D eigenvalue weighted by Gasteiger charge is 2.38. The molecule has 1 amide bonds. The molecule has 0 spiro atoms. The van der Waals surface area contributed by atoms with Gasteiger partial charge in [0.25, 0.3) is 0 Å². The molecule has 130 valence electrons. The van der Waals surface area contributed by atoms with Gasteiger partial charge in [-0.15, -0.1) is 0 Å². The average molecular weight is 319 g/mol. The second kappa shape index (κ2) is 8.23. The number of nitrogens with one attached hydrogen (secondary N) is 1. The lowest BCUT2D eigenvalue weighted by Crippen LogP contribution is -2.53. The average Bonchev–Trinajstić information content (AvgIpc) is 2.96. The molecule has 0 aromatic rings. The van der Waals surface area contributed by atoms with Crippen LogP contribution in [-0.2, 0) is 4.79 Å². The van der Waals surface area contributed by atoms with Gasteiger partial charge in [0.05, 0.1) is 7.85 Å². The van der Waals surface area contributed by atoms with Crippen LogP contribution in [0.5, 0.6) is 0 Å². The van der Waals surface area contributed by atoms with E-state index in [1.165, 1.54) is 5.57 Å². The van der Waals surface area contributed by atoms with Gasteiger partial charge in [0.2, 0.25) is 5.91 Å². The highest BCUT2D eigenvalue weighted by atomic mass is 16.2. The Kier molecular flexibility index (Phi) is 7.18. The molecule has 0 fully saturated rings. The van der Waals surface area contributed by atoms with Crippen LogP contribution in [0, 0.1) is 0 Å². The van der Waals surface area contributed by atoms with Crippen LogP contribution in [0.25, 0.3) is 0 Å². The Balaban J connectivity index is 2.84. The fourth-order valence-corrected chi connectivity index (χ4v) is 3.52. The van der Waals surface area contributed by atoms with Crippen molar-refractivity contribution in [3.05, 3.63) is 11.8 Å². The molecule has 0 aromatic carbocycles. The highest BCUT2D eigenvalue weighted by molar-refractivity contribution is 6.08. The zero-order valence-corrected chi connectivity index (χ0v) is 15.6. The van der Waals surface area contributed by atoms with Crippen molar-refractivity contribution in [3.8, 4) is 0 Å². The Morgan fingerprint density at radius 3 is 2.30 bits per heavy atom. The van der Waals surface area contributed by atoms with Crippen LogP contribution in [0.2, 0.25) is 6.32 Å². The fraction of sp³-hybridized carbons (Fsp3) is 0.833. The summed E-state index contributed by atoms with van der Waals surface area (Å²) in [6.07, 6.45) is 7.75. The molecule has 1 aliphatic heterocycles. The Morgan fingerprint density at radius 1 is 1.30 bits per heavy atom. The number of hydrogen-bond acceptors (Lipinski definition) is 3. The van der Waals surface area contributed by atoms with E-state index >= 15 is 0 Å². The van der Waals surface area contributed by atoms with Crippen molar-refractivity contribution in [1.29, 1.82) is 0 Å². The summed E-state index contributed by atoms with van der Waals surface area (Å²) in [7, 11) is 7.71. The van der Waals surface area contributed by atoms with Crippen LogP contribution in [0.1, 0.15) is 66.2 Å². The first-order valence-corrected chi connectivity index (χ1v) is 9.05. The van der Waals surface area contributed by atoms with Gasteiger partial charge in [-0.2, -0.15) is 0 Å². The molecule has 1 unspecified atom stereocenters. The normalized spacial score (nSPS) is 19.0. The molecule has 1 aliphatic rings. The minimum atomic E-state index is -0.298. The maximum absolute atomic E-state index is 12.8. The predicted octanol–water partition coefficient (Wildman–Crippen LogP) is 2.74. The summed E-state index contributed by atoms with van der Waals surface area (Å²) in [5.41, 5.74) is 7.21. The van der Waals surface area contributed by atoms with Gasteiger partial charge in [0, 0.05) is 30.7 Å². The van der Waals surface area contributed by atoms with Gasteiger partial charge in [0.15, 0.2) is 0 Å². The van der Waals surface area contributed by atoms with Crippen molar-refractivity contribution in [3.63, 3.8) is 0 Å². The van der Waals surface area contributed by atoms with Crippen molar-refractivity contribution in [1.82, 2.24) is 10.2 Å². The first kappa shape index (κ1) is 20.1. The number of amides is 1. The Labute approximate surface area is 143 Å². The Bertz CT molecular complexity index is 428. The van der Waals surface area contributed by atoms with Crippen LogP contribution in [0.15, 0.2) is 11.8 Å². The zero-order valence-electron chi connectivity index (χ0n) is 15.6. The van der Waals surface area contributed by atoms with Crippen LogP contribution < -0.4 is 11.1 Å². The fourth-order valence-electron chi connectivity index (χ4n) is 3.52. The summed E-state index contributed by atoms with van der Waals surface area (Å²) in [5.74, 6) is 0.0884. The SMILES string of the molecule is [B]CCC(CC)(CC)NC(=O)C1CC(C(N)(CC)CC)=CN1C. The lowest BCUT2D eigenvalue weighted by molar-refractivity contribution is -0.127. The number of rotatable bonds is 9. The van der Waals surface area contributed by atoms with Crippen LogP contribution >= 0.6 is 0 Å². The first-order valence-electron chi connectivity index (χ1n) is 9.05. The van der Waals surface area contributed by atoms with E-state index in [0.717, 1.165) is 32.1 Å². The van der Waals surface area contributed by atoms with Crippen molar-refractivity contribution in [2.45, 2.75) is 89.7 Å². The van der Waals surface area contributed by atoms with Gasteiger partial charge >= 0.3 is 0 Å². The third kappa shape index (κ3) is 4.31. The lowest BCUT2D eigenvalue weighted by Gasteiger charge is -2.35. The summed E-state index contributed by atoms with van der Waals surface area (Å²) in [6, 6.07) is -0.165. The lowest BCUT2D eigenvalue weighted by atomic mass is 9.82. The van der Waals surface area contributed by atoms with Crippen LogP contribution in [0.4, 0.5) is 0 Å². The summed E-state index contributed by atoms with van der Waals surface area (Å²) >= 11 is 0. The molecule has 4 nitrogen and oxygen atoms in total. The third-order valence-electron chi connectivity index (χ3n) is 5.83. The number of nitrogens with zero attached hydrogens (tertiary/aromatic N) is 1. The van der Waals surface area contributed by atoms with E-state index in [-0.39, 0.29) is 23.0 Å². The van der Waals surface area contributed by atoms with E-state index in [2.05, 4.69) is 39.2 Å². The van der Waals surface area contributed by atoms with E-state index in [1.54, 1.807) is 0 Å². The van der Waals surface area contributed by atoms with E-state index in [9.17, 15) is 4.79 Å². The number of carbonyl (C=O) groups is 1. The number of hydrogen-bond donors (Lipinski definition) is 2. The molecule has 1 rings (SSSR count). The topological polar surface area (TPSA) is 58.4 Å². The van der Waals surface area contributed by atoms with Crippen molar-refractivity contribution in [2.24, 2.45) is 5.73 Å². The molecular weight excluding hydrogens is 285 g/mol. The minimum absolute atomic E-state index is 0.0884. The van der Waals surface area contributed by atoms with Crippen LogP contribution in [-0.4, -0.2) is 42.8 Å². The van der Waals surface area contributed by atoms with Gasteiger partial charge in [-0.1, -0.05) is 34.0 Å². The summed E-state index contributed by atoms with van der Waals surface area (Å²) in [6.45, 7) is 8.44. The Hall–Kier alpha value is -0.965. The van der Waals surface area contributed by atoms with Gasteiger partial charge in [0.1, 0.15) is 6.04 Å². The van der Waals surface area contributed by atoms with Crippen LogP contribution in [0.3, 0.4) is 0 Å². The molecule has 0 saturated carbocycles. The monoisotopic (exact) mass is 319 g/mol. The number of likely N-dealkylation sites (N-methyl/N-ethyl adjacent to an activating group) is 1. The van der Waals surface area contributed by atoms with E-state index in [4.69, 9.17) is 13.6 Å². The second-order valence-corrected chi connectivity index (χ2v) is 6.92. The molecule has 0 bridgehead atoms. The summed E-state index contributed by atoms with van der Waals surface area (Å²) < 4.78 is 0. The number of nitrogens with two attached hydrogens (primary N) is 1. The summed E-state index contributed by atoms with van der Waals surface area (Å²) in [4.78, 5) is 14.9. The van der Waals surface area contributed by atoms with Gasteiger partial charge in [-0.05, 0) is 37.7 Å². The molecule has 2 radical (unpaired) electrons. The third-order valence-corrected chi connectivity index (χ3v) is 5.83. The van der Waals surface area contributed by atoms with Gasteiger partial charge in [-0.3, -0.25) is 4.79 Å². The van der Waals surface area contributed by atoms with E-state index < -0.39 is 0 Å². The molecule has 23 heavy (non-hydrogen) atoms. The standard InChI is InChI=1S/C18H34BN3O/c1-6-17(7-2,10-11-19)21-16(23)15-12-14(13-22(15)5)18(20,8-3)9-4/h13,15H,6-12,20H2,1-5H3,(H,21,23). The molecule has 0 saturated heterocycles. The quantitative estimate of drug-likeness (QED) is 0.643.